The first-order chi connectivity index (χ1) is 12.7. The molecule has 6 heteroatoms. The lowest BCUT2D eigenvalue weighted by atomic mass is 9.90. The van der Waals surface area contributed by atoms with Crippen molar-refractivity contribution < 1.29 is 9.90 Å². The summed E-state index contributed by atoms with van der Waals surface area (Å²) in [6.45, 7) is 5.89. The van der Waals surface area contributed by atoms with Crippen molar-refractivity contribution in [1.29, 1.82) is 0 Å². The number of rotatable bonds is 7. The lowest BCUT2D eigenvalue weighted by molar-refractivity contribution is 0.0697. The Morgan fingerprint density at radius 3 is 2.65 bits per heavy atom. The second kappa shape index (κ2) is 8.76. The Morgan fingerprint density at radius 1 is 1.27 bits per heavy atom. The molecule has 2 heterocycles. The van der Waals surface area contributed by atoms with Crippen molar-refractivity contribution in [3.05, 3.63) is 53.3 Å². The van der Waals surface area contributed by atoms with E-state index in [2.05, 4.69) is 27.1 Å². The van der Waals surface area contributed by atoms with Crippen molar-refractivity contribution in [2.24, 2.45) is 0 Å². The Morgan fingerprint density at radius 2 is 2.00 bits per heavy atom. The summed E-state index contributed by atoms with van der Waals surface area (Å²) in [6, 6.07) is 7.31. The van der Waals surface area contributed by atoms with Gasteiger partial charge in [0, 0.05) is 37.6 Å². The largest absolute Gasteiger partial charge is 0.478 e. The van der Waals surface area contributed by atoms with Gasteiger partial charge < -0.3 is 10.4 Å². The molecule has 3 rings (SSSR count). The van der Waals surface area contributed by atoms with E-state index in [0.717, 1.165) is 51.0 Å². The molecular formula is C20H26N4O2. The molecule has 2 N–H and O–H groups in total. The zero-order valence-electron chi connectivity index (χ0n) is 15.2. The van der Waals surface area contributed by atoms with Gasteiger partial charge in [0.1, 0.15) is 0 Å². The van der Waals surface area contributed by atoms with Gasteiger partial charge in [0.2, 0.25) is 5.95 Å². The second-order valence-corrected chi connectivity index (χ2v) is 6.84. The number of anilines is 1. The Labute approximate surface area is 154 Å². The van der Waals surface area contributed by atoms with Crippen LogP contribution in [0.15, 0.2) is 36.7 Å². The van der Waals surface area contributed by atoms with Gasteiger partial charge in [-0.25, -0.2) is 14.8 Å². The van der Waals surface area contributed by atoms with Gasteiger partial charge in [0.05, 0.1) is 5.56 Å². The van der Waals surface area contributed by atoms with E-state index >= 15 is 0 Å². The third kappa shape index (κ3) is 4.79. The molecule has 6 nitrogen and oxygen atoms in total. The van der Waals surface area contributed by atoms with Crippen LogP contribution in [0.1, 0.15) is 53.6 Å². The van der Waals surface area contributed by atoms with Crippen molar-refractivity contribution in [2.75, 3.05) is 25.0 Å². The van der Waals surface area contributed by atoms with Gasteiger partial charge in [-0.2, -0.15) is 0 Å². The molecule has 0 aliphatic carbocycles. The molecule has 1 fully saturated rings. The van der Waals surface area contributed by atoms with Gasteiger partial charge in [0.15, 0.2) is 0 Å². The van der Waals surface area contributed by atoms with E-state index in [9.17, 15) is 4.79 Å². The molecule has 1 aromatic heterocycles. The van der Waals surface area contributed by atoms with E-state index in [4.69, 9.17) is 5.11 Å². The Bertz CT molecular complexity index is 716. The quantitative estimate of drug-likeness (QED) is 0.794. The SMILES string of the molecule is CCCNc1ncc(CN2CCC[C@@H](c3ccc(C(=O)O)cc3)C2)cn1. The Hall–Kier alpha value is -2.47. The van der Waals surface area contributed by atoms with E-state index < -0.39 is 5.97 Å². The van der Waals surface area contributed by atoms with E-state index in [1.165, 1.54) is 5.56 Å². The third-order valence-electron chi connectivity index (χ3n) is 4.78. The molecular weight excluding hydrogens is 328 g/mol. The van der Waals surface area contributed by atoms with Crippen LogP contribution in [0.3, 0.4) is 0 Å². The van der Waals surface area contributed by atoms with Gasteiger partial charge in [-0.15, -0.1) is 0 Å². The fourth-order valence-corrected chi connectivity index (χ4v) is 3.39. The summed E-state index contributed by atoms with van der Waals surface area (Å²) >= 11 is 0. The minimum atomic E-state index is -0.876. The van der Waals surface area contributed by atoms with Crippen LogP contribution < -0.4 is 5.32 Å². The van der Waals surface area contributed by atoms with Crippen molar-refractivity contribution >= 4 is 11.9 Å². The molecule has 1 aromatic carbocycles. The average molecular weight is 354 g/mol. The molecule has 0 radical (unpaired) electrons. The molecule has 26 heavy (non-hydrogen) atoms. The Kier molecular flexibility index (Phi) is 6.17. The summed E-state index contributed by atoms with van der Waals surface area (Å²) in [5, 5.41) is 12.2. The predicted octanol–water partition coefficient (Wildman–Crippen LogP) is 3.38. The number of carbonyl (C=O) groups is 1. The number of hydrogen-bond donors (Lipinski definition) is 2. The summed E-state index contributed by atoms with van der Waals surface area (Å²) in [7, 11) is 0. The summed E-state index contributed by atoms with van der Waals surface area (Å²) in [5.74, 6) is 0.252. The highest BCUT2D eigenvalue weighted by atomic mass is 16.4. The number of carboxylic acid groups (broad SMARTS) is 1. The zero-order valence-corrected chi connectivity index (χ0v) is 15.2. The highest BCUT2D eigenvalue weighted by molar-refractivity contribution is 5.87. The van der Waals surface area contributed by atoms with E-state index in [1.807, 2.05) is 24.5 Å². The van der Waals surface area contributed by atoms with Gasteiger partial charge in [-0.05, 0) is 49.4 Å². The lowest BCUT2D eigenvalue weighted by Crippen LogP contribution is -2.34. The van der Waals surface area contributed by atoms with Crippen LogP contribution in [0, 0.1) is 0 Å². The monoisotopic (exact) mass is 354 g/mol. The second-order valence-electron chi connectivity index (χ2n) is 6.84. The number of piperidine rings is 1. The van der Waals surface area contributed by atoms with Crippen molar-refractivity contribution in [3.63, 3.8) is 0 Å². The molecule has 0 unspecified atom stereocenters. The maximum Gasteiger partial charge on any atom is 0.335 e. The zero-order chi connectivity index (χ0) is 18.4. The van der Waals surface area contributed by atoms with Gasteiger partial charge in [-0.3, -0.25) is 4.90 Å². The number of aromatic nitrogens is 2. The fourth-order valence-electron chi connectivity index (χ4n) is 3.39. The summed E-state index contributed by atoms with van der Waals surface area (Å²) in [5.41, 5.74) is 2.68. The van der Waals surface area contributed by atoms with Gasteiger partial charge in [0.25, 0.3) is 0 Å². The lowest BCUT2D eigenvalue weighted by Gasteiger charge is -2.33. The molecule has 0 amide bonds. The number of nitrogens with one attached hydrogen (secondary N) is 1. The maximum absolute atomic E-state index is 11.0. The topological polar surface area (TPSA) is 78.4 Å². The summed E-state index contributed by atoms with van der Waals surface area (Å²) < 4.78 is 0. The third-order valence-corrected chi connectivity index (χ3v) is 4.78. The van der Waals surface area contributed by atoms with E-state index in [0.29, 0.717) is 17.4 Å². The maximum atomic E-state index is 11.0. The number of nitrogens with zero attached hydrogens (tertiary/aromatic N) is 3. The average Bonchev–Trinajstić information content (AvgIpc) is 2.68. The fraction of sp³-hybridized carbons (Fsp3) is 0.450. The smallest absolute Gasteiger partial charge is 0.335 e. The molecule has 1 atom stereocenters. The van der Waals surface area contributed by atoms with Crippen molar-refractivity contribution in [2.45, 2.75) is 38.6 Å². The molecule has 2 aromatic rings. The van der Waals surface area contributed by atoms with Crippen molar-refractivity contribution in [3.8, 4) is 0 Å². The van der Waals surface area contributed by atoms with Gasteiger partial charge >= 0.3 is 5.97 Å². The number of carboxylic acids is 1. The first kappa shape index (κ1) is 18.3. The van der Waals surface area contributed by atoms with Crippen LogP contribution in [0.2, 0.25) is 0 Å². The van der Waals surface area contributed by atoms with Crippen LogP contribution in [0.4, 0.5) is 5.95 Å². The molecule has 1 saturated heterocycles. The molecule has 0 spiro atoms. The summed E-state index contributed by atoms with van der Waals surface area (Å²) in [6.07, 6.45) is 7.13. The van der Waals surface area contributed by atoms with Crippen LogP contribution >= 0.6 is 0 Å². The molecule has 0 bridgehead atoms. The standard InChI is InChI=1S/C20H26N4O2/c1-2-9-21-20-22-11-15(12-23-20)13-24-10-3-4-18(14-24)16-5-7-17(8-6-16)19(25)26/h5-8,11-12,18H,2-4,9-10,13-14H2,1H3,(H,25,26)(H,21,22,23)/t18-/m1/s1. The minimum absolute atomic E-state index is 0.343. The van der Waals surface area contributed by atoms with Crippen molar-refractivity contribution in [1.82, 2.24) is 14.9 Å². The number of hydrogen-bond acceptors (Lipinski definition) is 5. The number of aromatic carboxylic acids is 1. The minimum Gasteiger partial charge on any atom is -0.478 e. The number of benzene rings is 1. The normalized spacial score (nSPS) is 17.8. The molecule has 138 valence electrons. The first-order valence-corrected chi connectivity index (χ1v) is 9.26. The number of likely N-dealkylation sites (tertiary alicyclic amines) is 1. The highest BCUT2D eigenvalue weighted by Crippen LogP contribution is 2.28. The summed E-state index contributed by atoms with van der Waals surface area (Å²) in [4.78, 5) is 22.2. The van der Waals surface area contributed by atoms with Crippen LogP contribution in [-0.4, -0.2) is 45.6 Å². The highest BCUT2D eigenvalue weighted by Gasteiger charge is 2.21. The molecule has 1 aliphatic heterocycles. The molecule has 1 aliphatic rings. The van der Waals surface area contributed by atoms with Crippen LogP contribution in [-0.2, 0) is 6.54 Å². The Balaban J connectivity index is 1.58. The van der Waals surface area contributed by atoms with Crippen LogP contribution in [0.25, 0.3) is 0 Å². The molecule has 0 saturated carbocycles. The van der Waals surface area contributed by atoms with Crippen LogP contribution in [0.5, 0.6) is 0 Å². The van der Waals surface area contributed by atoms with E-state index in [1.54, 1.807) is 12.1 Å². The predicted molar refractivity (Wildman–Crippen MR) is 101 cm³/mol. The van der Waals surface area contributed by atoms with Gasteiger partial charge in [-0.1, -0.05) is 19.1 Å². The first-order valence-electron chi connectivity index (χ1n) is 9.26. The van der Waals surface area contributed by atoms with E-state index in [-0.39, 0.29) is 0 Å².